The van der Waals surface area contributed by atoms with Gasteiger partial charge in [0.2, 0.25) is 5.91 Å². The van der Waals surface area contributed by atoms with Gasteiger partial charge in [-0.05, 0) is 70.6 Å². The fourth-order valence-electron chi connectivity index (χ4n) is 14.9. The van der Waals surface area contributed by atoms with Gasteiger partial charge in [0.1, 0.15) is 48.8 Å². The van der Waals surface area contributed by atoms with Crippen LogP contribution in [0.3, 0.4) is 0 Å². The molecule has 0 aromatic carbocycles. The summed E-state index contributed by atoms with van der Waals surface area (Å²) in [4.78, 5) is 13.4. The van der Waals surface area contributed by atoms with Crippen LogP contribution in [0.25, 0.3) is 0 Å². The Balaban J connectivity index is 1.58. The molecule has 2 heterocycles. The molecular weight excluding hydrogens is 1300 g/mol. The summed E-state index contributed by atoms with van der Waals surface area (Å²) in [6, 6.07) is -0.940. The van der Waals surface area contributed by atoms with Crippen LogP contribution in [0.15, 0.2) is 48.6 Å². The Hall–Kier alpha value is -2.05. The Morgan fingerprint density at radius 1 is 0.337 bits per heavy atom. The lowest BCUT2D eigenvalue weighted by atomic mass is 9.97. The number of hydrogen-bond donors (Lipinski definition) is 9. The zero-order valence-electron chi connectivity index (χ0n) is 67.5. The molecule has 0 radical (unpaired) electrons. The maximum Gasteiger partial charge on any atom is 0.220 e. The summed E-state index contributed by atoms with van der Waals surface area (Å²) in [6.07, 6.45) is 83.9. The first kappa shape index (κ1) is 98.0. The van der Waals surface area contributed by atoms with Crippen LogP contribution < -0.4 is 5.32 Å². The summed E-state index contributed by atoms with van der Waals surface area (Å²) < 4.78 is 22.9. The number of ether oxygens (including phenoxy) is 4. The van der Waals surface area contributed by atoms with Crippen molar-refractivity contribution < 1.29 is 64.6 Å². The van der Waals surface area contributed by atoms with Gasteiger partial charge in [-0.2, -0.15) is 0 Å². The monoisotopic (exact) mass is 1470 g/mol. The number of carbonyl (C=O) groups excluding carboxylic acids is 1. The van der Waals surface area contributed by atoms with E-state index in [1.165, 1.54) is 347 Å². The number of nitrogens with one attached hydrogen (secondary N) is 1. The van der Waals surface area contributed by atoms with Crippen LogP contribution in [0, 0.1) is 0 Å². The van der Waals surface area contributed by atoms with Gasteiger partial charge in [0.25, 0.3) is 0 Å². The van der Waals surface area contributed by atoms with Gasteiger partial charge in [0.05, 0.1) is 32.0 Å². The van der Waals surface area contributed by atoms with Gasteiger partial charge in [-0.3, -0.25) is 4.79 Å². The van der Waals surface area contributed by atoms with E-state index in [4.69, 9.17) is 18.9 Å². The van der Waals surface area contributed by atoms with Crippen molar-refractivity contribution in [2.75, 3.05) is 19.8 Å². The lowest BCUT2D eigenvalue weighted by Gasteiger charge is -2.46. The molecule has 2 fully saturated rings. The summed E-state index contributed by atoms with van der Waals surface area (Å²) in [7, 11) is 0. The third kappa shape index (κ3) is 55.4. The quantitative estimate of drug-likeness (QED) is 0.0204. The number of aliphatic hydroxyl groups excluding tert-OH is 8. The fourth-order valence-corrected chi connectivity index (χ4v) is 14.9. The number of carbonyl (C=O) groups is 1. The molecule has 0 aromatic rings. The van der Waals surface area contributed by atoms with Gasteiger partial charge in [0.15, 0.2) is 12.6 Å². The summed E-state index contributed by atoms with van der Waals surface area (Å²) in [5.74, 6) is -0.245. The van der Waals surface area contributed by atoms with Crippen LogP contribution >= 0.6 is 0 Å². The molecule has 104 heavy (non-hydrogen) atoms. The van der Waals surface area contributed by atoms with Gasteiger partial charge in [-0.1, -0.05) is 396 Å². The van der Waals surface area contributed by atoms with Crippen LogP contribution in [0.2, 0.25) is 0 Å². The van der Waals surface area contributed by atoms with Gasteiger partial charge in [0, 0.05) is 6.42 Å². The van der Waals surface area contributed by atoms with Gasteiger partial charge >= 0.3 is 0 Å². The average Bonchev–Trinajstić information content (AvgIpc) is 0.790. The summed E-state index contributed by atoms with van der Waals surface area (Å²) in [5, 5.41) is 87.8. The Labute approximate surface area is 639 Å². The highest BCUT2D eigenvalue weighted by Crippen LogP contribution is 2.31. The molecule has 0 spiro atoms. The minimum Gasteiger partial charge on any atom is -0.394 e. The van der Waals surface area contributed by atoms with E-state index < -0.39 is 86.8 Å². The molecule has 2 rings (SSSR count). The molecule has 14 nitrogen and oxygen atoms in total. The smallest absolute Gasteiger partial charge is 0.220 e. The first-order valence-electron chi connectivity index (χ1n) is 44.9. The van der Waals surface area contributed by atoms with Gasteiger partial charge in [-0.15, -0.1) is 0 Å². The Morgan fingerprint density at radius 2 is 0.615 bits per heavy atom. The van der Waals surface area contributed by atoms with Crippen LogP contribution in [-0.2, 0) is 23.7 Å². The minimum absolute atomic E-state index is 0.245. The predicted molar refractivity (Wildman–Crippen MR) is 434 cm³/mol. The van der Waals surface area contributed by atoms with Crippen molar-refractivity contribution in [1.29, 1.82) is 0 Å². The highest BCUT2D eigenvalue weighted by molar-refractivity contribution is 5.76. The largest absolute Gasteiger partial charge is 0.394 e. The van der Waals surface area contributed by atoms with E-state index in [0.717, 1.165) is 44.9 Å². The summed E-state index contributed by atoms with van der Waals surface area (Å²) in [5.41, 5.74) is 0. The van der Waals surface area contributed by atoms with E-state index in [9.17, 15) is 45.6 Å². The van der Waals surface area contributed by atoms with E-state index in [-0.39, 0.29) is 18.9 Å². The van der Waals surface area contributed by atoms with E-state index >= 15 is 0 Å². The Morgan fingerprint density at radius 3 is 0.942 bits per heavy atom. The molecule has 2 aliphatic heterocycles. The number of allylic oxidation sites excluding steroid dienone is 7. The standard InChI is InChI=1S/C90H169NO13/c1-3-5-7-9-11-13-15-17-19-21-23-25-27-29-31-33-35-37-38-39-40-42-44-46-48-50-52-54-56-58-60-62-64-66-68-70-72-74-82(95)91-78(77-101-89-87(100)85(98)88(81(76-93)103-89)104-90-86(99)84(97)83(96)80(75-92)102-90)79(94)73-71-69-67-65-63-61-59-57-55-53-51-49-47-45-43-41-36-34-32-30-28-26-24-22-20-18-16-14-12-10-8-6-4-2/h21,23,55,57,63,65,71,73,78-81,83-90,92-94,96-100H,3-20,22,24-54,56,58-62,64,66-70,72,74-77H2,1-2H3,(H,91,95)/b23-21-,57-55+,65-63+,73-71+. The minimum atomic E-state index is -1.79. The van der Waals surface area contributed by atoms with E-state index in [0.29, 0.717) is 12.8 Å². The molecular formula is C90H169NO13. The molecule has 0 aliphatic carbocycles. The van der Waals surface area contributed by atoms with Gasteiger partial charge < -0.3 is 65.1 Å². The first-order chi connectivity index (χ1) is 51.1. The average molecular weight is 1470 g/mol. The number of hydrogen-bond acceptors (Lipinski definition) is 13. The zero-order chi connectivity index (χ0) is 75.1. The van der Waals surface area contributed by atoms with Crippen molar-refractivity contribution in [3.8, 4) is 0 Å². The lowest BCUT2D eigenvalue weighted by molar-refractivity contribution is -0.359. The Bertz CT molecular complexity index is 1930. The zero-order valence-corrected chi connectivity index (χ0v) is 67.5. The predicted octanol–water partition coefficient (Wildman–Crippen LogP) is 21.7. The van der Waals surface area contributed by atoms with E-state index in [1.54, 1.807) is 6.08 Å². The molecule has 2 aliphatic rings. The highest BCUT2D eigenvalue weighted by Gasteiger charge is 2.51. The topological polar surface area (TPSA) is 228 Å². The molecule has 612 valence electrons. The lowest BCUT2D eigenvalue weighted by Crippen LogP contribution is -2.65. The molecule has 0 saturated carbocycles. The molecule has 0 aromatic heterocycles. The van der Waals surface area contributed by atoms with Crippen LogP contribution in [0.4, 0.5) is 0 Å². The SMILES string of the molecule is CCCCCCCCCC/C=C\CCCCCCCCCCCCCCCCCCCCCCCCCCCC(=O)NC(COC1OC(CO)C(OC2OC(CO)C(O)C(O)C2O)C(O)C1O)C(O)/C=C/CC/C=C/CC/C=C/CCCCCCCCCCCCCCCCCCCCCCCCC. The van der Waals surface area contributed by atoms with E-state index in [1.807, 2.05) is 6.08 Å². The van der Waals surface area contributed by atoms with E-state index in [2.05, 4.69) is 55.6 Å². The molecule has 2 saturated heterocycles. The first-order valence-corrected chi connectivity index (χ1v) is 44.9. The van der Waals surface area contributed by atoms with Crippen LogP contribution in [-0.4, -0.2) is 140 Å². The second-order valence-corrected chi connectivity index (χ2v) is 31.7. The summed E-state index contributed by atoms with van der Waals surface area (Å²) >= 11 is 0. The number of aliphatic hydroxyl groups is 8. The third-order valence-electron chi connectivity index (χ3n) is 22.0. The van der Waals surface area contributed by atoms with Crippen molar-refractivity contribution >= 4 is 5.91 Å². The maximum absolute atomic E-state index is 13.4. The Kier molecular flexibility index (Phi) is 69.5. The van der Waals surface area contributed by atoms with Gasteiger partial charge in [-0.25, -0.2) is 0 Å². The molecule has 12 unspecified atom stereocenters. The van der Waals surface area contributed by atoms with Crippen molar-refractivity contribution in [2.24, 2.45) is 0 Å². The van der Waals surface area contributed by atoms with Crippen LogP contribution in [0.5, 0.6) is 0 Å². The number of rotatable bonds is 77. The van der Waals surface area contributed by atoms with Crippen molar-refractivity contribution in [3.05, 3.63) is 48.6 Å². The second kappa shape index (κ2) is 73.7. The number of unbranched alkanes of at least 4 members (excludes halogenated alkanes) is 58. The molecule has 12 atom stereocenters. The molecule has 14 heteroatoms. The van der Waals surface area contributed by atoms with Crippen molar-refractivity contribution in [3.63, 3.8) is 0 Å². The second-order valence-electron chi connectivity index (χ2n) is 31.7. The normalized spacial score (nSPS) is 21.6. The molecule has 1 amide bonds. The fraction of sp³-hybridized carbons (Fsp3) is 0.900. The molecule has 9 N–H and O–H groups in total. The molecule has 0 bridgehead atoms. The summed E-state index contributed by atoms with van der Waals surface area (Å²) in [6.45, 7) is 2.85. The maximum atomic E-state index is 13.4. The van der Waals surface area contributed by atoms with Crippen LogP contribution in [0.1, 0.15) is 425 Å². The highest BCUT2D eigenvalue weighted by atomic mass is 16.7. The third-order valence-corrected chi connectivity index (χ3v) is 22.0. The van der Waals surface area contributed by atoms with Crippen molar-refractivity contribution in [1.82, 2.24) is 5.32 Å². The number of amides is 1. The van der Waals surface area contributed by atoms with Crippen molar-refractivity contribution in [2.45, 2.75) is 498 Å².